The predicted molar refractivity (Wildman–Crippen MR) is 131 cm³/mol. The van der Waals surface area contributed by atoms with Crippen LogP contribution in [0.2, 0.25) is 0 Å². The maximum atomic E-state index is 13.1. The zero-order valence-corrected chi connectivity index (χ0v) is 20.5. The van der Waals surface area contributed by atoms with E-state index < -0.39 is 5.60 Å². The third-order valence-electron chi connectivity index (χ3n) is 6.70. The number of aliphatic hydroxyl groups is 1. The molecule has 0 radical (unpaired) electrons. The molecule has 2 saturated heterocycles. The van der Waals surface area contributed by atoms with Gasteiger partial charge in [-0.1, -0.05) is 30.3 Å². The third-order valence-corrected chi connectivity index (χ3v) is 6.70. The van der Waals surface area contributed by atoms with Gasteiger partial charge >= 0.3 is 0 Å². The highest BCUT2D eigenvalue weighted by atomic mass is 16.5. The molecule has 2 fully saturated rings. The largest absolute Gasteiger partial charge is 0.491 e. The minimum atomic E-state index is -0.903. The van der Waals surface area contributed by atoms with Gasteiger partial charge in [0.1, 0.15) is 12.4 Å². The highest BCUT2D eigenvalue weighted by Gasteiger charge is 2.45. The summed E-state index contributed by atoms with van der Waals surface area (Å²) in [6.07, 6.45) is 3.54. The lowest BCUT2D eigenvalue weighted by atomic mass is 9.80. The van der Waals surface area contributed by atoms with Gasteiger partial charge in [-0.2, -0.15) is 0 Å². The van der Waals surface area contributed by atoms with Crippen molar-refractivity contribution in [3.63, 3.8) is 0 Å². The summed E-state index contributed by atoms with van der Waals surface area (Å²) < 4.78 is 18.4. The first-order valence-corrected chi connectivity index (χ1v) is 12.4. The Morgan fingerprint density at radius 3 is 2.41 bits per heavy atom. The van der Waals surface area contributed by atoms with Crippen molar-refractivity contribution in [3.05, 3.63) is 65.7 Å². The van der Waals surface area contributed by atoms with E-state index in [2.05, 4.69) is 24.3 Å². The van der Waals surface area contributed by atoms with Gasteiger partial charge in [-0.3, -0.25) is 4.79 Å². The molecule has 0 aromatic heterocycles. The zero-order chi connectivity index (χ0) is 24.2. The van der Waals surface area contributed by atoms with Crippen LogP contribution in [0.15, 0.2) is 54.6 Å². The van der Waals surface area contributed by atoms with Crippen LogP contribution in [0.3, 0.4) is 0 Å². The van der Waals surface area contributed by atoms with Gasteiger partial charge in [0.15, 0.2) is 0 Å². The summed E-state index contributed by atoms with van der Waals surface area (Å²) in [7, 11) is 0. The maximum Gasteiger partial charge on any atom is 0.253 e. The van der Waals surface area contributed by atoms with E-state index in [0.717, 1.165) is 25.7 Å². The Balaban J connectivity index is 1.38. The van der Waals surface area contributed by atoms with Crippen LogP contribution in [0.4, 0.5) is 0 Å². The first kappa shape index (κ1) is 24.7. The maximum absolute atomic E-state index is 13.1. The van der Waals surface area contributed by atoms with Gasteiger partial charge in [0.05, 0.1) is 23.4 Å². The molecule has 0 saturated carbocycles. The minimum Gasteiger partial charge on any atom is -0.491 e. The molecule has 0 unspecified atom stereocenters. The highest BCUT2D eigenvalue weighted by molar-refractivity contribution is 5.94. The van der Waals surface area contributed by atoms with E-state index in [4.69, 9.17) is 14.2 Å². The molecule has 2 aromatic carbocycles. The molecule has 2 aliphatic rings. The van der Waals surface area contributed by atoms with Crippen LogP contribution in [0.1, 0.15) is 68.5 Å². The van der Waals surface area contributed by atoms with Gasteiger partial charge in [-0.05, 0) is 63.4 Å². The van der Waals surface area contributed by atoms with Crippen molar-refractivity contribution in [2.24, 2.45) is 0 Å². The molecule has 1 spiro atoms. The Morgan fingerprint density at radius 1 is 1.12 bits per heavy atom. The molecule has 6 heteroatoms. The van der Waals surface area contributed by atoms with Crippen LogP contribution < -0.4 is 4.74 Å². The van der Waals surface area contributed by atoms with Crippen molar-refractivity contribution in [1.29, 1.82) is 0 Å². The molecule has 0 aliphatic carbocycles. The van der Waals surface area contributed by atoms with Crippen molar-refractivity contribution in [2.45, 2.75) is 69.9 Å². The average Bonchev–Trinajstić information content (AvgIpc) is 2.83. The number of rotatable bonds is 7. The number of likely N-dealkylation sites (tertiary alicyclic amines) is 1. The van der Waals surface area contributed by atoms with Crippen LogP contribution in [0.25, 0.3) is 0 Å². The van der Waals surface area contributed by atoms with Crippen molar-refractivity contribution < 1.29 is 24.1 Å². The summed E-state index contributed by atoms with van der Waals surface area (Å²) in [5.74, 6) is 0.668. The van der Waals surface area contributed by atoms with Crippen LogP contribution in [0.5, 0.6) is 5.75 Å². The van der Waals surface area contributed by atoms with Gasteiger partial charge in [0.25, 0.3) is 5.91 Å². The van der Waals surface area contributed by atoms with E-state index in [1.807, 2.05) is 17.9 Å². The average molecular weight is 468 g/mol. The second-order valence-electron chi connectivity index (χ2n) is 10.1. The summed E-state index contributed by atoms with van der Waals surface area (Å²) in [5.41, 5.74) is 0.673. The fourth-order valence-electron chi connectivity index (χ4n) is 4.95. The molecule has 2 aliphatic heterocycles. The molecule has 4 rings (SSSR count). The molecule has 34 heavy (non-hydrogen) atoms. The minimum absolute atomic E-state index is 0.0187. The fourth-order valence-corrected chi connectivity index (χ4v) is 4.95. The second-order valence-corrected chi connectivity index (χ2v) is 10.1. The van der Waals surface area contributed by atoms with Crippen molar-refractivity contribution >= 4 is 5.91 Å². The SMILES string of the molecule is CCO[C@H]1C[C@@H](c2ccccc2)OC2(CCN(C(=O)c3ccc(OCC(C)(C)O)cc3)CC2)C1. The Morgan fingerprint density at radius 2 is 1.79 bits per heavy atom. The molecule has 184 valence electrons. The summed E-state index contributed by atoms with van der Waals surface area (Å²) in [5, 5.41) is 9.82. The van der Waals surface area contributed by atoms with E-state index in [9.17, 15) is 9.90 Å². The van der Waals surface area contributed by atoms with Gasteiger partial charge in [0, 0.05) is 38.1 Å². The zero-order valence-electron chi connectivity index (χ0n) is 20.5. The number of carbonyl (C=O) groups excluding carboxylic acids is 1. The monoisotopic (exact) mass is 467 g/mol. The number of hydrogen-bond acceptors (Lipinski definition) is 5. The molecule has 1 amide bonds. The van der Waals surface area contributed by atoms with Gasteiger partial charge in [0.2, 0.25) is 0 Å². The Hall–Kier alpha value is -2.41. The number of carbonyl (C=O) groups is 1. The molecular weight excluding hydrogens is 430 g/mol. The molecule has 2 aromatic rings. The first-order chi connectivity index (χ1) is 16.3. The quantitative estimate of drug-likeness (QED) is 0.635. The van der Waals surface area contributed by atoms with E-state index in [1.54, 1.807) is 38.1 Å². The number of piperidine rings is 1. The molecule has 6 nitrogen and oxygen atoms in total. The Labute approximate surface area is 202 Å². The third kappa shape index (κ3) is 6.17. The number of hydrogen-bond donors (Lipinski definition) is 1. The van der Waals surface area contributed by atoms with Crippen molar-refractivity contribution in [3.8, 4) is 5.75 Å². The van der Waals surface area contributed by atoms with Crippen LogP contribution in [-0.4, -0.2) is 59.5 Å². The Bertz CT molecular complexity index is 930. The first-order valence-electron chi connectivity index (χ1n) is 12.4. The summed E-state index contributed by atoms with van der Waals surface area (Å²) >= 11 is 0. The molecular formula is C28H37NO5. The van der Waals surface area contributed by atoms with Gasteiger partial charge in [-0.15, -0.1) is 0 Å². The van der Waals surface area contributed by atoms with E-state index in [0.29, 0.717) is 31.0 Å². The normalized spacial score (nSPS) is 22.5. The van der Waals surface area contributed by atoms with E-state index in [-0.39, 0.29) is 30.3 Å². The Kier molecular flexibility index (Phi) is 7.60. The van der Waals surface area contributed by atoms with Crippen LogP contribution >= 0.6 is 0 Å². The van der Waals surface area contributed by atoms with Gasteiger partial charge < -0.3 is 24.2 Å². The van der Waals surface area contributed by atoms with Crippen LogP contribution in [0, 0.1) is 0 Å². The molecule has 2 atom stereocenters. The van der Waals surface area contributed by atoms with E-state index >= 15 is 0 Å². The summed E-state index contributed by atoms with van der Waals surface area (Å²) in [4.78, 5) is 15.1. The highest BCUT2D eigenvalue weighted by Crippen LogP contribution is 2.44. The molecule has 2 heterocycles. The van der Waals surface area contributed by atoms with Crippen molar-refractivity contribution in [2.75, 3.05) is 26.3 Å². The lowest BCUT2D eigenvalue weighted by Gasteiger charge is -2.48. The summed E-state index contributed by atoms with van der Waals surface area (Å²) in [6, 6.07) is 17.5. The van der Waals surface area contributed by atoms with Crippen LogP contribution in [-0.2, 0) is 9.47 Å². The lowest BCUT2D eigenvalue weighted by molar-refractivity contribution is -0.190. The number of amides is 1. The van der Waals surface area contributed by atoms with Crippen molar-refractivity contribution in [1.82, 2.24) is 4.90 Å². The number of nitrogens with zero attached hydrogens (tertiary/aromatic N) is 1. The topological polar surface area (TPSA) is 68.2 Å². The lowest BCUT2D eigenvalue weighted by Crippen LogP contribution is -2.52. The number of ether oxygens (including phenoxy) is 3. The standard InChI is InChI=1S/C28H37NO5/c1-4-32-24-18-25(21-8-6-5-7-9-21)34-28(19-24)14-16-29(17-15-28)26(30)22-10-12-23(13-11-22)33-20-27(2,3)31/h5-13,24-25,31H,4,14-20H2,1-3H3/t24-,25-/m0/s1. The molecule has 0 bridgehead atoms. The fraction of sp³-hybridized carbons (Fsp3) is 0.536. The second kappa shape index (κ2) is 10.5. The van der Waals surface area contributed by atoms with Gasteiger partial charge in [-0.25, -0.2) is 0 Å². The van der Waals surface area contributed by atoms with E-state index in [1.165, 1.54) is 5.56 Å². The summed E-state index contributed by atoms with van der Waals surface area (Å²) in [6.45, 7) is 7.66. The smallest absolute Gasteiger partial charge is 0.253 e. The molecule has 1 N–H and O–H groups in total. The number of benzene rings is 2. The predicted octanol–water partition coefficient (Wildman–Crippen LogP) is 4.77.